The average molecular weight is 152 g/mol. The number of anilines is 1. The maximum atomic E-state index is 5.61. The zero-order valence-corrected chi connectivity index (χ0v) is 6.40. The molecule has 0 radical (unpaired) electrons. The molecule has 2 rings (SSSR count). The van der Waals surface area contributed by atoms with Crippen molar-refractivity contribution in [2.24, 2.45) is 0 Å². The van der Waals surface area contributed by atoms with Crippen LogP contribution < -0.4 is 5.73 Å². The SMILES string of the molecule is Nc1nncn1C1CCCC1. The van der Waals surface area contributed by atoms with Gasteiger partial charge in [-0.2, -0.15) is 0 Å². The highest BCUT2D eigenvalue weighted by Crippen LogP contribution is 2.30. The predicted octanol–water partition coefficient (Wildman–Crippen LogP) is 0.975. The number of nitrogens with two attached hydrogens (primary N) is 1. The van der Waals surface area contributed by atoms with Gasteiger partial charge in [0.05, 0.1) is 0 Å². The lowest BCUT2D eigenvalue weighted by Crippen LogP contribution is -2.07. The topological polar surface area (TPSA) is 56.7 Å². The first kappa shape index (κ1) is 6.64. The van der Waals surface area contributed by atoms with Gasteiger partial charge in [0, 0.05) is 6.04 Å². The minimum Gasteiger partial charge on any atom is -0.368 e. The van der Waals surface area contributed by atoms with Gasteiger partial charge in [0.1, 0.15) is 6.33 Å². The summed E-state index contributed by atoms with van der Waals surface area (Å²) in [7, 11) is 0. The second kappa shape index (κ2) is 2.53. The molecule has 4 nitrogen and oxygen atoms in total. The van der Waals surface area contributed by atoms with E-state index in [9.17, 15) is 0 Å². The maximum absolute atomic E-state index is 5.61. The Kier molecular flexibility index (Phi) is 1.52. The first-order chi connectivity index (χ1) is 5.38. The molecule has 0 aromatic carbocycles. The Bertz CT molecular complexity index is 236. The van der Waals surface area contributed by atoms with Crippen LogP contribution in [0.5, 0.6) is 0 Å². The lowest BCUT2D eigenvalue weighted by atomic mass is 10.2. The third kappa shape index (κ3) is 1.08. The Morgan fingerprint density at radius 2 is 2.18 bits per heavy atom. The molecule has 2 N–H and O–H groups in total. The lowest BCUT2D eigenvalue weighted by Gasteiger charge is -2.10. The van der Waals surface area contributed by atoms with E-state index >= 15 is 0 Å². The standard InChI is InChI=1S/C7H12N4/c8-7-10-9-5-11(7)6-3-1-2-4-6/h5-6H,1-4H2,(H2,8,10). The highest BCUT2D eigenvalue weighted by molar-refractivity contribution is 5.14. The molecular weight excluding hydrogens is 140 g/mol. The van der Waals surface area contributed by atoms with Crippen LogP contribution in [0.15, 0.2) is 6.33 Å². The first-order valence-electron chi connectivity index (χ1n) is 4.03. The number of nitrogens with zero attached hydrogens (tertiary/aromatic N) is 3. The highest BCUT2D eigenvalue weighted by atomic mass is 15.3. The minimum absolute atomic E-state index is 0.553. The van der Waals surface area contributed by atoms with Gasteiger partial charge in [0.2, 0.25) is 5.95 Å². The van der Waals surface area contributed by atoms with Crippen molar-refractivity contribution in [1.29, 1.82) is 0 Å². The monoisotopic (exact) mass is 152 g/mol. The third-order valence-corrected chi connectivity index (χ3v) is 2.32. The van der Waals surface area contributed by atoms with Gasteiger partial charge in [0.15, 0.2) is 0 Å². The van der Waals surface area contributed by atoms with Gasteiger partial charge in [-0.25, -0.2) is 0 Å². The fraction of sp³-hybridized carbons (Fsp3) is 0.714. The summed E-state index contributed by atoms with van der Waals surface area (Å²) in [5.41, 5.74) is 5.61. The molecule has 0 saturated heterocycles. The first-order valence-corrected chi connectivity index (χ1v) is 4.03. The van der Waals surface area contributed by atoms with Gasteiger partial charge in [-0.15, -0.1) is 10.2 Å². The molecular formula is C7H12N4. The summed E-state index contributed by atoms with van der Waals surface area (Å²) in [5.74, 6) is 0.553. The largest absolute Gasteiger partial charge is 0.368 e. The molecule has 1 fully saturated rings. The number of hydrogen-bond acceptors (Lipinski definition) is 3. The number of rotatable bonds is 1. The van der Waals surface area contributed by atoms with E-state index < -0.39 is 0 Å². The summed E-state index contributed by atoms with van der Waals surface area (Å²) in [6.45, 7) is 0. The van der Waals surface area contributed by atoms with Crippen molar-refractivity contribution in [3.63, 3.8) is 0 Å². The summed E-state index contributed by atoms with van der Waals surface area (Å²) in [6, 6.07) is 0.560. The van der Waals surface area contributed by atoms with E-state index in [0.29, 0.717) is 12.0 Å². The quantitative estimate of drug-likeness (QED) is 0.652. The molecule has 1 saturated carbocycles. The summed E-state index contributed by atoms with van der Waals surface area (Å²) in [6.07, 6.45) is 6.79. The molecule has 0 aliphatic heterocycles. The fourth-order valence-corrected chi connectivity index (χ4v) is 1.72. The second-order valence-corrected chi connectivity index (χ2v) is 3.03. The zero-order valence-electron chi connectivity index (χ0n) is 6.40. The molecule has 1 aliphatic carbocycles. The highest BCUT2D eigenvalue weighted by Gasteiger charge is 2.18. The van der Waals surface area contributed by atoms with Crippen molar-refractivity contribution < 1.29 is 0 Å². The Labute approximate surface area is 65.4 Å². The molecule has 1 aliphatic rings. The van der Waals surface area contributed by atoms with E-state index in [0.717, 1.165) is 0 Å². The van der Waals surface area contributed by atoms with E-state index in [-0.39, 0.29) is 0 Å². The van der Waals surface area contributed by atoms with Crippen molar-refractivity contribution in [1.82, 2.24) is 14.8 Å². The van der Waals surface area contributed by atoms with E-state index in [4.69, 9.17) is 5.73 Å². The number of nitrogen functional groups attached to an aromatic ring is 1. The van der Waals surface area contributed by atoms with E-state index in [1.165, 1.54) is 25.7 Å². The molecule has 0 atom stereocenters. The molecule has 0 bridgehead atoms. The van der Waals surface area contributed by atoms with Gasteiger partial charge in [-0.05, 0) is 12.8 Å². The van der Waals surface area contributed by atoms with Gasteiger partial charge in [0.25, 0.3) is 0 Å². The van der Waals surface area contributed by atoms with E-state index in [1.807, 2.05) is 4.57 Å². The van der Waals surface area contributed by atoms with Crippen molar-refractivity contribution >= 4 is 5.95 Å². The molecule has 11 heavy (non-hydrogen) atoms. The normalized spacial score (nSPS) is 19.3. The summed E-state index contributed by atoms with van der Waals surface area (Å²) in [4.78, 5) is 0. The van der Waals surface area contributed by atoms with Crippen LogP contribution >= 0.6 is 0 Å². The summed E-state index contributed by atoms with van der Waals surface area (Å²) < 4.78 is 1.98. The van der Waals surface area contributed by atoms with Crippen molar-refractivity contribution in [2.45, 2.75) is 31.7 Å². The van der Waals surface area contributed by atoms with Crippen molar-refractivity contribution in [2.75, 3.05) is 5.73 Å². The van der Waals surface area contributed by atoms with Crippen LogP contribution in [-0.4, -0.2) is 14.8 Å². The fourth-order valence-electron chi connectivity index (χ4n) is 1.72. The summed E-state index contributed by atoms with van der Waals surface area (Å²) >= 11 is 0. The Balaban J connectivity index is 2.21. The maximum Gasteiger partial charge on any atom is 0.222 e. The molecule has 1 aromatic rings. The van der Waals surface area contributed by atoms with Crippen LogP contribution in [0.25, 0.3) is 0 Å². The van der Waals surface area contributed by atoms with E-state index in [1.54, 1.807) is 6.33 Å². The molecule has 4 heteroatoms. The summed E-state index contributed by atoms with van der Waals surface area (Å²) in [5, 5.41) is 7.51. The minimum atomic E-state index is 0.553. The van der Waals surface area contributed by atoms with Crippen molar-refractivity contribution in [3.05, 3.63) is 6.33 Å². The Hall–Kier alpha value is -1.06. The molecule has 60 valence electrons. The van der Waals surface area contributed by atoms with Gasteiger partial charge < -0.3 is 5.73 Å². The Morgan fingerprint density at radius 1 is 1.45 bits per heavy atom. The zero-order chi connectivity index (χ0) is 7.68. The molecule has 0 unspecified atom stereocenters. The smallest absolute Gasteiger partial charge is 0.222 e. The van der Waals surface area contributed by atoms with Crippen LogP contribution in [0.1, 0.15) is 31.7 Å². The molecule has 0 amide bonds. The van der Waals surface area contributed by atoms with Crippen molar-refractivity contribution in [3.8, 4) is 0 Å². The van der Waals surface area contributed by atoms with Gasteiger partial charge in [-0.1, -0.05) is 12.8 Å². The van der Waals surface area contributed by atoms with Crippen LogP contribution in [-0.2, 0) is 0 Å². The molecule has 0 spiro atoms. The number of aromatic nitrogens is 3. The lowest BCUT2D eigenvalue weighted by molar-refractivity contribution is 0.523. The molecule has 1 aromatic heterocycles. The third-order valence-electron chi connectivity index (χ3n) is 2.32. The second-order valence-electron chi connectivity index (χ2n) is 3.03. The van der Waals surface area contributed by atoms with Crippen LogP contribution in [0.3, 0.4) is 0 Å². The van der Waals surface area contributed by atoms with Gasteiger partial charge in [-0.3, -0.25) is 4.57 Å². The van der Waals surface area contributed by atoms with Gasteiger partial charge >= 0.3 is 0 Å². The van der Waals surface area contributed by atoms with E-state index in [2.05, 4.69) is 10.2 Å². The Morgan fingerprint density at radius 3 is 2.73 bits per heavy atom. The number of hydrogen-bond donors (Lipinski definition) is 1. The molecule has 1 heterocycles. The predicted molar refractivity (Wildman–Crippen MR) is 41.9 cm³/mol. The van der Waals surface area contributed by atoms with Crippen LogP contribution in [0.2, 0.25) is 0 Å². The van der Waals surface area contributed by atoms with Crippen LogP contribution in [0.4, 0.5) is 5.95 Å². The van der Waals surface area contributed by atoms with Crippen LogP contribution in [0, 0.1) is 0 Å². The average Bonchev–Trinajstić information content (AvgIpc) is 2.55.